The predicted octanol–water partition coefficient (Wildman–Crippen LogP) is 2.04. The Kier molecular flexibility index (Phi) is 6.87. The second kappa shape index (κ2) is 8.63. The van der Waals surface area contributed by atoms with E-state index in [0.29, 0.717) is 35.8 Å². The van der Waals surface area contributed by atoms with Crippen molar-refractivity contribution in [3.8, 4) is 17.6 Å². The van der Waals surface area contributed by atoms with Gasteiger partial charge in [0, 0.05) is 18.7 Å². The van der Waals surface area contributed by atoms with Gasteiger partial charge in [0.05, 0.1) is 26.0 Å². The van der Waals surface area contributed by atoms with Gasteiger partial charge in [-0.2, -0.15) is 5.26 Å². The Hall–Kier alpha value is -2.75. The van der Waals surface area contributed by atoms with E-state index in [0.717, 1.165) is 0 Å². The average Bonchev–Trinajstić information content (AvgIpc) is 2.55. The number of nitrogens with zero attached hydrogens (tertiary/aromatic N) is 2. The Balaban J connectivity index is 3.32. The Morgan fingerprint density at radius 3 is 2.35 bits per heavy atom. The molecule has 23 heavy (non-hydrogen) atoms. The van der Waals surface area contributed by atoms with Crippen molar-refractivity contribution in [2.24, 2.45) is 0 Å². The molecule has 0 aliphatic carbocycles. The zero-order valence-corrected chi connectivity index (χ0v) is 13.8. The van der Waals surface area contributed by atoms with E-state index in [1.807, 2.05) is 13.8 Å². The molecule has 0 aliphatic heterocycles. The lowest BCUT2D eigenvalue weighted by Crippen LogP contribution is -2.30. The molecule has 0 aliphatic rings. The second-order valence-electron chi connectivity index (χ2n) is 4.62. The number of amides is 2. The zero-order chi connectivity index (χ0) is 17.4. The maximum Gasteiger partial charge on any atom is 0.254 e. The Morgan fingerprint density at radius 2 is 1.87 bits per heavy atom. The minimum atomic E-state index is -0.486. The van der Waals surface area contributed by atoms with Crippen molar-refractivity contribution in [2.75, 3.05) is 32.6 Å². The molecule has 0 aromatic heterocycles. The largest absolute Gasteiger partial charge is 0.493 e. The van der Waals surface area contributed by atoms with Crippen molar-refractivity contribution in [3.63, 3.8) is 0 Å². The van der Waals surface area contributed by atoms with Crippen molar-refractivity contribution >= 4 is 17.5 Å². The molecule has 0 atom stereocenters. The first-order chi connectivity index (χ1) is 11.0. The van der Waals surface area contributed by atoms with Gasteiger partial charge in [0.1, 0.15) is 6.42 Å². The molecule has 7 heteroatoms. The summed E-state index contributed by atoms with van der Waals surface area (Å²) >= 11 is 0. The van der Waals surface area contributed by atoms with Gasteiger partial charge in [0.25, 0.3) is 5.91 Å². The number of carbonyl (C=O) groups is 2. The first-order valence-electron chi connectivity index (χ1n) is 7.24. The second-order valence-corrected chi connectivity index (χ2v) is 4.62. The van der Waals surface area contributed by atoms with E-state index in [2.05, 4.69) is 5.32 Å². The van der Waals surface area contributed by atoms with Crippen LogP contribution in [-0.4, -0.2) is 44.0 Å². The summed E-state index contributed by atoms with van der Waals surface area (Å²) in [5.74, 6) is -0.0281. The summed E-state index contributed by atoms with van der Waals surface area (Å²) in [6, 6.07) is 4.86. The fourth-order valence-corrected chi connectivity index (χ4v) is 2.14. The van der Waals surface area contributed by atoms with Crippen LogP contribution >= 0.6 is 0 Å². The third-order valence-electron chi connectivity index (χ3n) is 3.29. The number of rotatable bonds is 7. The highest BCUT2D eigenvalue weighted by Gasteiger charge is 2.20. The van der Waals surface area contributed by atoms with E-state index in [-0.39, 0.29) is 12.3 Å². The van der Waals surface area contributed by atoms with Crippen LogP contribution < -0.4 is 14.8 Å². The van der Waals surface area contributed by atoms with E-state index in [1.165, 1.54) is 20.3 Å². The fraction of sp³-hybridized carbons (Fsp3) is 0.438. The van der Waals surface area contributed by atoms with Crippen LogP contribution in [0.3, 0.4) is 0 Å². The lowest BCUT2D eigenvalue weighted by molar-refractivity contribution is -0.115. The van der Waals surface area contributed by atoms with E-state index >= 15 is 0 Å². The molecule has 1 aromatic rings. The molecule has 1 rings (SSSR count). The number of anilines is 1. The lowest BCUT2D eigenvalue weighted by Gasteiger charge is -2.21. The van der Waals surface area contributed by atoms with Gasteiger partial charge in [-0.25, -0.2) is 0 Å². The number of nitrogens with one attached hydrogen (secondary N) is 1. The SMILES string of the molecule is CCN(CC)C(=O)c1cc(NC(=O)CC#N)c(OC)c(OC)c1. The molecule has 0 saturated heterocycles. The molecule has 1 aromatic carbocycles. The summed E-state index contributed by atoms with van der Waals surface area (Å²) in [7, 11) is 2.88. The van der Waals surface area contributed by atoms with Gasteiger partial charge in [0.2, 0.25) is 5.91 Å². The fourth-order valence-electron chi connectivity index (χ4n) is 2.14. The van der Waals surface area contributed by atoms with Gasteiger partial charge in [0.15, 0.2) is 11.5 Å². The molecule has 0 heterocycles. The molecule has 0 spiro atoms. The van der Waals surface area contributed by atoms with Crippen LogP contribution in [0, 0.1) is 11.3 Å². The number of nitriles is 1. The topological polar surface area (TPSA) is 91.7 Å². The maximum atomic E-state index is 12.5. The van der Waals surface area contributed by atoms with Crippen molar-refractivity contribution in [1.29, 1.82) is 5.26 Å². The molecule has 7 nitrogen and oxygen atoms in total. The Morgan fingerprint density at radius 1 is 1.22 bits per heavy atom. The normalized spacial score (nSPS) is 9.70. The summed E-state index contributed by atoms with van der Waals surface area (Å²) in [5.41, 5.74) is 0.668. The number of ether oxygens (including phenoxy) is 2. The lowest BCUT2D eigenvalue weighted by atomic mass is 10.1. The van der Waals surface area contributed by atoms with E-state index in [9.17, 15) is 9.59 Å². The smallest absolute Gasteiger partial charge is 0.254 e. The van der Waals surface area contributed by atoms with Gasteiger partial charge in [-0.05, 0) is 26.0 Å². The van der Waals surface area contributed by atoms with E-state index in [1.54, 1.807) is 17.0 Å². The molecule has 1 N–H and O–H groups in total. The van der Waals surface area contributed by atoms with Gasteiger partial charge in [-0.15, -0.1) is 0 Å². The third kappa shape index (κ3) is 4.36. The van der Waals surface area contributed by atoms with Gasteiger partial charge in [-0.3, -0.25) is 9.59 Å². The van der Waals surface area contributed by atoms with Crippen LogP contribution in [0.5, 0.6) is 11.5 Å². The highest BCUT2D eigenvalue weighted by molar-refractivity contribution is 5.99. The Bertz CT molecular complexity index is 618. The number of hydrogen-bond acceptors (Lipinski definition) is 5. The summed E-state index contributed by atoms with van der Waals surface area (Å²) in [6.07, 6.45) is -0.292. The third-order valence-corrected chi connectivity index (χ3v) is 3.29. The molecule has 0 radical (unpaired) electrons. The van der Waals surface area contributed by atoms with Gasteiger partial charge < -0.3 is 19.7 Å². The minimum Gasteiger partial charge on any atom is -0.493 e. The Labute approximate surface area is 135 Å². The quantitative estimate of drug-likeness (QED) is 0.830. The first-order valence-corrected chi connectivity index (χ1v) is 7.24. The molecule has 0 saturated carbocycles. The highest BCUT2D eigenvalue weighted by atomic mass is 16.5. The van der Waals surface area contributed by atoms with Gasteiger partial charge >= 0.3 is 0 Å². The monoisotopic (exact) mass is 319 g/mol. The molecule has 0 fully saturated rings. The van der Waals surface area contributed by atoms with Crippen LogP contribution in [0.25, 0.3) is 0 Å². The van der Waals surface area contributed by atoms with Crippen molar-refractivity contribution in [1.82, 2.24) is 4.90 Å². The van der Waals surface area contributed by atoms with E-state index in [4.69, 9.17) is 14.7 Å². The van der Waals surface area contributed by atoms with Gasteiger partial charge in [-0.1, -0.05) is 0 Å². The van der Waals surface area contributed by atoms with Crippen LogP contribution in [0.15, 0.2) is 12.1 Å². The predicted molar refractivity (Wildman–Crippen MR) is 85.7 cm³/mol. The molecule has 2 amide bonds. The van der Waals surface area contributed by atoms with Crippen LogP contribution in [0.2, 0.25) is 0 Å². The number of carbonyl (C=O) groups excluding carboxylic acids is 2. The molecule has 0 unspecified atom stereocenters. The van der Waals surface area contributed by atoms with Crippen molar-refractivity contribution in [3.05, 3.63) is 17.7 Å². The summed E-state index contributed by atoms with van der Waals surface area (Å²) in [6.45, 7) is 4.91. The van der Waals surface area contributed by atoms with Crippen LogP contribution in [0.4, 0.5) is 5.69 Å². The van der Waals surface area contributed by atoms with Crippen molar-refractivity contribution in [2.45, 2.75) is 20.3 Å². The molecule has 0 bridgehead atoms. The highest BCUT2D eigenvalue weighted by Crippen LogP contribution is 2.37. The molecule has 124 valence electrons. The molecular formula is C16H21N3O4. The maximum absolute atomic E-state index is 12.5. The first kappa shape index (κ1) is 18.3. The zero-order valence-electron chi connectivity index (χ0n) is 13.8. The average molecular weight is 319 g/mol. The van der Waals surface area contributed by atoms with Crippen molar-refractivity contribution < 1.29 is 19.1 Å². The minimum absolute atomic E-state index is 0.174. The standard InChI is InChI=1S/C16H21N3O4/c1-5-19(6-2)16(21)11-9-12(18-14(20)7-8-17)15(23-4)13(10-11)22-3/h9-10H,5-7H2,1-4H3,(H,18,20). The van der Waals surface area contributed by atoms with Crippen LogP contribution in [0.1, 0.15) is 30.6 Å². The summed E-state index contributed by atoms with van der Waals surface area (Å²) < 4.78 is 10.5. The number of methoxy groups -OCH3 is 2. The number of benzene rings is 1. The summed E-state index contributed by atoms with van der Waals surface area (Å²) in [5, 5.41) is 11.2. The molecular weight excluding hydrogens is 298 g/mol. The van der Waals surface area contributed by atoms with Crippen LogP contribution in [-0.2, 0) is 4.79 Å². The number of hydrogen-bond donors (Lipinski definition) is 1. The van der Waals surface area contributed by atoms with E-state index < -0.39 is 5.91 Å². The summed E-state index contributed by atoms with van der Waals surface area (Å²) in [4.78, 5) is 25.8.